The lowest BCUT2D eigenvalue weighted by molar-refractivity contribution is -0.181. The first kappa shape index (κ1) is 30.3. The van der Waals surface area contributed by atoms with Gasteiger partial charge in [0.1, 0.15) is 5.75 Å². The maximum Gasteiger partial charge on any atom is 0.235 e. The Morgan fingerprint density at radius 2 is 1.81 bits per heavy atom. The number of carbonyl (C=O) groups is 5. The number of likely N-dealkylation sites (tertiary alicyclic amines) is 1. The molecule has 3 aliphatic carbocycles. The van der Waals surface area contributed by atoms with Crippen molar-refractivity contribution in [3.05, 3.63) is 22.8 Å². The summed E-state index contributed by atoms with van der Waals surface area (Å²) in [6.07, 6.45) is 2.21. The van der Waals surface area contributed by atoms with Crippen LogP contribution in [0.2, 0.25) is 0 Å². The van der Waals surface area contributed by atoms with E-state index in [1.54, 1.807) is 20.2 Å². The molecule has 1 aliphatic heterocycles. The first-order valence-corrected chi connectivity index (χ1v) is 14.8. The van der Waals surface area contributed by atoms with Gasteiger partial charge < -0.3 is 20.8 Å². The van der Waals surface area contributed by atoms with Crippen LogP contribution in [0.25, 0.3) is 0 Å². The molecule has 0 aromatic heterocycles. The number of carbonyl (C=O) groups excluding carboxylic acids is 5. The zero-order chi connectivity index (χ0) is 31.0. The summed E-state index contributed by atoms with van der Waals surface area (Å²) in [5.74, 6) is -9.84. The van der Waals surface area contributed by atoms with Crippen molar-refractivity contribution < 1.29 is 34.2 Å². The fraction of sp³-hybridized carbons (Fsp3) is 0.645. The predicted molar refractivity (Wildman–Crippen MR) is 154 cm³/mol. The van der Waals surface area contributed by atoms with Crippen molar-refractivity contribution in [3.63, 3.8) is 0 Å². The Kier molecular flexibility index (Phi) is 7.60. The summed E-state index contributed by atoms with van der Waals surface area (Å²) >= 11 is 0. The number of nitrogens with two attached hydrogens (primary N) is 1. The lowest BCUT2D eigenvalue weighted by Gasteiger charge is -2.52. The Labute approximate surface area is 246 Å². The highest BCUT2D eigenvalue weighted by Crippen LogP contribution is 2.53. The molecule has 0 bridgehead atoms. The van der Waals surface area contributed by atoms with Crippen LogP contribution in [-0.4, -0.2) is 102 Å². The molecule has 1 aromatic carbocycles. The topological polar surface area (TPSA) is 162 Å². The lowest BCUT2D eigenvalue weighted by atomic mass is 9.52. The number of phenols is 1. The Bertz CT molecular complexity index is 1370. The summed E-state index contributed by atoms with van der Waals surface area (Å²) in [4.78, 5) is 73.0. The van der Waals surface area contributed by atoms with Crippen LogP contribution in [0.3, 0.4) is 0 Å². The zero-order valence-electron chi connectivity index (χ0n) is 25.2. The Morgan fingerprint density at radius 3 is 2.38 bits per heavy atom. The Morgan fingerprint density at radius 1 is 1.14 bits per heavy atom. The average Bonchev–Trinajstić information content (AvgIpc) is 3.32. The molecule has 7 atom stereocenters. The summed E-state index contributed by atoms with van der Waals surface area (Å²) in [6, 6.07) is 0.572. The zero-order valence-corrected chi connectivity index (χ0v) is 25.2. The number of Topliss-reactive ketones (excluding diaryl/α,β-unsaturated/α-hetero) is 4. The molecule has 1 heterocycles. The van der Waals surface area contributed by atoms with Crippen LogP contribution in [0.5, 0.6) is 5.75 Å². The standard InChI is InChI=1S/C31H42N4O7/c1-14(2)13-35-9-7-8-19(35)16-12-20(36)22-17(24(16)33(3)4)10-15-11-18-25(34(5)6)27(38)23(30(32)41)29(40)31(18,42)28(39)21(15)26(22)37/h12,14-15,18-19,21,23,25,36,42H,7-11,13H2,1-6H3,(H2,32,41). The van der Waals surface area contributed by atoms with E-state index in [1.807, 2.05) is 19.0 Å². The minimum absolute atomic E-state index is 0.0300. The van der Waals surface area contributed by atoms with Crippen LogP contribution in [0.15, 0.2) is 6.07 Å². The van der Waals surface area contributed by atoms with Gasteiger partial charge in [0.15, 0.2) is 34.7 Å². The van der Waals surface area contributed by atoms with Crippen molar-refractivity contribution in [2.75, 3.05) is 46.2 Å². The molecule has 7 unspecified atom stereocenters. The molecule has 1 saturated heterocycles. The fourth-order valence-electron chi connectivity index (χ4n) is 8.34. The van der Waals surface area contributed by atoms with Gasteiger partial charge in [-0.3, -0.25) is 33.8 Å². The number of hydrogen-bond acceptors (Lipinski definition) is 10. The van der Waals surface area contributed by atoms with E-state index in [0.29, 0.717) is 11.5 Å². The smallest absolute Gasteiger partial charge is 0.235 e. The quantitative estimate of drug-likeness (QED) is 0.408. The molecule has 228 valence electrons. The Hall–Kier alpha value is -3.15. The Balaban J connectivity index is 1.64. The van der Waals surface area contributed by atoms with Crippen molar-refractivity contribution >= 4 is 34.7 Å². The number of amides is 1. The number of ketones is 4. The third-order valence-corrected chi connectivity index (χ3v) is 9.83. The summed E-state index contributed by atoms with van der Waals surface area (Å²) in [5, 5.41) is 23.1. The molecular formula is C31H42N4O7. The van der Waals surface area contributed by atoms with Gasteiger partial charge in [0, 0.05) is 38.3 Å². The molecule has 0 spiro atoms. The van der Waals surface area contributed by atoms with Crippen molar-refractivity contribution in [2.24, 2.45) is 35.3 Å². The van der Waals surface area contributed by atoms with E-state index >= 15 is 0 Å². The van der Waals surface area contributed by atoms with Gasteiger partial charge in [-0.05, 0) is 75.4 Å². The number of aromatic hydroxyl groups is 1. The number of nitrogens with zero attached hydrogens (tertiary/aromatic N) is 3. The van der Waals surface area contributed by atoms with Gasteiger partial charge in [-0.15, -0.1) is 0 Å². The number of aliphatic hydroxyl groups is 1. The number of primary amides is 1. The molecule has 5 rings (SSSR count). The third-order valence-electron chi connectivity index (χ3n) is 9.83. The summed E-state index contributed by atoms with van der Waals surface area (Å²) in [6.45, 7) is 6.17. The minimum atomic E-state index is -2.72. The fourth-order valence-corrected chi connectivity index (χ4v) is 8.34. The van der Waals surface area contributed by atoms with Crippen molar-refractivity contribution in [1.82, 2.24) is 9.80 Å². The molecule has 4 N–H and O–H groups in total. The number of benzene rings is 1. The highest BCUT2D eigenvalue weighted by Gasteiger charge is 2.69. The molecule has 11 heteroatoms. The van der Waals surface area contributed by atoms with Gasteiger partial charge in [-0.2, -0.15) is 0 Å². The molecule has 11 nitrogen and oxygen atoms in total. The van der Waals surface area contributed by atoms with E-state index in [0.717, 1.165) is 37.2 Å². The highest BCUT2D eigenvalue weighted by molar-refractivity contribution is 6.32. The van der Waals surface area contributed by atoms with Crippen LogP contribution in [-0.2, 0) is 25.6 Å². The molecule has 0 radical (unpaired) electrons. The van der Waals surface area contributed by atoms with E-state index < -0.39 is 64.4 Å². The molecule has 1 amide bonds. The predicted octanol–water partition coefficient (Wildman–Crippen LogP) is 0.726. The van der Waals surface area contributed by atoms with Crippen molar-refractivity contribution in [1.29, 1.82) is 0 Å². The lowest BCUT2D eigenvalue weighted by Crippen LogP contribution is -2.74. The van der Waals surface area contributed by atoms with Gasteiger partial charge in [-0.25, -0.2) is 0 Å². The number of rotatable bonds is 6. The average molecular weight is 583 g/mol. The molecule has 1 aromatic rings. The van der Waals surface area contributed by atoms with Gasteiger partial charge in [0.05, 0.1) is 17.5 Å². The maximum absolute atomic E-state index is 14.1. The normalized spacial score (nSPS) is 33.2. The number of hydrogen-bond donors (Lipinski definition) is 3. The summed E-state index contributed by atoms with van der Waals surface area (Å²) in [7, 11) is 6.94. The first-order valence-electron chi connectivity index (χ1n) is 14.8. The van der Waals surface area contributed by atoms with E-state index in [4.69, 9.17) is 5.73 Å². The summed E-state index contributed by atoms with van der Waals surface area (Å²) in [5.41, 5.74) is 5.10. The number of fused-ring (bicyclic) bond motifs is 3. The third kappa shape index (κ3) is 4.31. The van der Waals surface area contributed by atoms with E-state index in [1.165, 1.54) is 4.90 Å². The molecule has 42 heavy (non-hydrogen) atoms. The van der Waals surface area contributed by atoms with Crippen molar-refractivity contribution in [3.8, 4) is 5.75 Å². The second kappa shape index (κ2) is 10.5. The van der Waals surface area contributed by atoms with Gasteiger partial charge in [0.2, 0.25) is 5.91 Å². The van der Waals surface area contributed by atoms with Crippen molar-refractivity contribution in [2.45, 2.75) is 57.2 Å². The van der Waals surface area contributed by atoms with Crippen LogP contribution in [0.4, 0.5) is 5.69 Å². The molecule has 4 aliphatic rings. The number of anilines is 1. The van der Waals surface area contributed by atoms with Crippen LogP contribution in [0.1, 0.15) is 60.6 Å². The molecule has 2 saturated carbocycles. The monoisotopic (exact) mass is 582 g/mol. The molecule has 3 fully saturated rings. The van der Waals surface area contributed by atoms with Gasteiger partial charge in [-0.1, -0.05) is 13.8 Å². The number of phenolic OH excluding ortho intramolecular Hbond substituents is 1. The van der Waals surface area contributed by atoms with Crippen LogP contribution in [0, 0.1) is 29.6 Å². The van der Waals surface area contributed by atoms with Gasteiger partial charge >= 0.3 is 0 Å². The van der Waals surface area contributed by atoms with E-state index in [-0.39, 0.29) is 30.2 Å². The van der Waals surface area contributed by atoms with Crippen LogP contribution >= 0.6 is 0 Å². The second-order valence-electron chi connectivity index (χ2n) is 13.4. The largest absolute Gasteiger partial charge is 0.507 e. The molecular weight excluding hydrogens is 540 g/mol. The van der Waals surface area contributed by atoms with Crippen LogP contribution < -0.4 is 10.6 Å². The summed E-state index contributed by atoms with van der Waals surface area (Å²) < 4.78 is 0. The minimum Gasteiger partial charge on any atom is -0.507 e. The highest BCUT2D eigenvalue weighted by atomic mass is 16.3. The number of likely N-dealkylation sites (N-methyl/N-ethyl adjacent to an activating group) is 1. The SMILES string of the molecule is CC(C)CN1CCCC1c1cc(O)c2c(c1N(C)C)CC1CC3C(N(C)C)C(=O)C(C(N)=O)C(=O)C3(O)C(=O)C1C2=O. The first-order chi connectivity index (χ1) is 19.6. The van der Waals surface area contributed by atoms with E-state index in [9.17, 15) is 34.2 Å². The second-order valence-corrected chi connectivity index (χ2v) is 13.4. The van der Waals surface area contributed by atoms with E-state index in [2.05, 4.69) is 18.7 Å². The maximum atomic E-state index is 14.1. The van der Waals surface area contributed by atoms with Gasteiger partial charge in [0.25, 0.3) is 0 Å².